The van der Waals surface area contributed by atoms with E-state index in [0.717, 1.165) is 38.6 Å². The summed E-state index contributed by atoms with van der Waals surface area (Å²) in [5.41, 5.74) is 1.31. The molecule has 2 aromatic rings. The van der Waals surface area contributed by atoms with Gasteiger partial charge in [-0.05, 0) is 36.9 Å². The lowest BCUT2D eigenvalue weighted by Gasteiger charge is -2.34. The van der Waals surface area contributed by atoms with Gasteiger partial charge >= 0.3 is 0 Å². The fourth-order valence-electron chi connectivity index (χ4n) is 3.82. The number of benzene rings is 1. The van der Waals surface area contributed by atoms with Crippen molar-refractivity contribution in [2.75, 3.05) is 59.9 Å². The molecule has 0 radical (unpaired) electrons. The number of rotatable bonds is 8. The van der Waals surface area contributed by atoms with E-state index in [0.29, 0.717) is 5.92 Å². The Morgan fingerprint density at radius 1 is 1.11 bits per heavy atom. The molecular formula is C22H36N6. The molecule has 0 bridgehead atoms. The molecule has 2 N–H and O–H groups in total. The fourth-order valence-corrected chi connectivity index (χ4v) is 3.82. The molecule has 6 heteroatoms. The SMILES string of the molecule is CN=C(NCCCn1ccc2ccccc21)NCC(C)CN1CCN(C)CC1. The Hall–Kier alpha value is -2.05. The van der Waals surface area contributed by atoms with E-state index in [4.69, 9.17) is 0 Å². The minimum Gasteiger partial charge on any atom is -0.356 e. The zero-order valence-corrected chi connectivity index (χ0v) is 17.7. The predicted molar refractivity (Wildman–Crippen MR) is 119 cm³/mol. The Balaban J connectivity index is 1.33. The number of aryl methyl sites for hydroxylation is 1. The smallest absolute Gasteiger partial charge is 0.190 e. The lowest BCUT2D eigenvalue weighted by molar-refractivity contribution is 0.139. The molecule has 1 aliphatic heterocycles. The van der Waals surface area contributed by atoms with E-state index in [1.807, 2.05) is 7.05 Å². The first kappa shape index (κ1) is 20.7. The number of hydrogen-bond acceptors (Lipinski definition) is 3. The summed E-state index contributed by atoms with van der Waals surface area (Å²) in [5.74, 6) is 1.51. The maximum absolute atomic E-state index is 4.37. The average Bonchev–Trinajstić information content (AvgIpc) is 3.12. The summed E-state index contributed by atoms with van der Waals surface area (Å²) in [6.45, 7) is 11.1. The van der Waals surface area contributed by atoms with E-state index in [-0.39, 0.29) is 0 Å². The van der Waals surface area contributed by atoms with Crippen LogP contribution >= 0.6 is 0 Å². The van der Waals surface area contributed by atoms with Crippen molar-refractivity contribution in [3.05, 3.63) is 36.5 Å². The second-order valence-electron chi connectivity index (χ2n) is 8.01. The van der Waals surface area contributed by atoms with E-state index in [1.165, 1.54) is 37.1 Å². The zero-order valence-electron chi connectivity index (χ0n) is 17.7. The van der Waals surface area contributed by atoms with E-state index in [2.05, 4.69) is 80.5 Å². The van der Waals surface area contributed by atoms with Crippen LogP contribution in [0, 0.1) is 5.92 Å². The van der Waals surface area contributed by atoms with Crippen LogP contribution in [0.4, 0.5) is 0 Å². The number of fused-ring (bicyclic) bond motifs is 1. The number of hydrogen-bond donors (Lipinski definition) is 2. The van der Waals surface area contributed by atoms with Crippen molar-refractivity contribution < 1.29 is 0 Å². The topological polar surface area (TPSA) is 47.8 Å². The minimum atomic E-state index is 0.605. The number of piperazine rings is 1. The summed E-state index contributed by atoms with van der Waals surface area (Å²) in [4.78, 5) is 9.35. The van der Waals surface area contributed by atoms with Gasteiger partial charge in [0.25, 0.3) is 0 Å². The molecule has 1 unspecified atom stereocenters. The van der Waals surface area contributed by atoms with Crippen LogP contribution in [0.25, 0.3) is 10.9 Å². The van der Waals surface area contributed by atoms with Crippen LogP contribution in [0.5, 0.6) is 0 Å². The monoisotopic (exact) mass is 384 g/mol. The van der Waals surface area contributed by atoms with Gasteiger partial charge in [0.15, 0.2) is 5.96 Å². The first-order valence-electron chi connectivity index (χ1n) is 10.5. The second-order valence-corrected chi connectivity index (χ2v) is 8.01. The van der Waals surface area contributed by atoms with Crippen molar-refractivity contribution in [3.8, 4) is 0 Å². The van der Waals surface area contributed by atoms with Crippen molar-refractivity contribution in [1.29, 1.82) is 0 Å². The lowest BCUT2D eigenvalue weighted by Crippen LogP contribution is -2.47. The summed E-state index contributed by atoms with van der Waals surface area (Å²) < 4.78 is 2.32. The maximum Gasteiger partial charge on any atom is 0.190 e. The molecule has 1 aliphatic rings. The third-order valence-electron chi connectivity index (χ3n) is 5.56. The molecule has 0 amide bonds. The summed E-state index contributed by atoms with van der Waals surface area (Å²) in [6.07, 6.45) is 3.24. The Kier molecular flexibility index (Phi) is 7.74. The Morgan fingerprint density at radius 3 is 2.68 bits per heavy atom. The third kappa shape index (κ3) is 5.97. The second kappa shape index (κ2) is 10.5. The maximum atomic E-state index is 4.37. The van der Waals surface area contributed by atoms with Gasteiger partial charge in [-0.15, -0.1) is 0 Å². The number of guanidine groups is 1. The predicted octanol–water partition coefficient (Wildman–Crippen LogP) is 2.08. The van der Waals surface area contributed by atoms with Crippen molar-refractivity contribution in [2.45, 2.75) is 19.9 Å². The Morgan fingerprint density at radius 2 is 1.89 bits per heavy atom. The van der Waals surface area contributed by atoms with Gasteiger partial charge in [-0.25, -0.2) is 0 Å². The number of aromatic nitrogens is 1. The highest BCUT2D eigenvalue weighted by atomic mass is 15.2. The minimum absolute atomic E-state index is 0.605. The molecule has 3 rings (SSSR count). The van der Waals surface area contributed by atoms with Gasteiger partial charge < -0.3 is 25.0 Å². The van der Waals surface area contributed by atoms with Crippen molar-refractivity contribution in [1.82, 2.24) is 25.0 Å². The molecule has 1 aromatic carbocycles. The molecule has 1 saturated heterocycles. The third-order valence-corrected chi connectivity index (χ3v) is 5.56. The molecule has 0 aliphatic carbocycles. The van der Waals surface area contributed by atoms with Gasteiger partial charge in [0.05, 0.1) is 0 Å². The highest BCUT2D eigenvalue weighted by molar-refractivity contribution is 5.80. The molecular weight excluding hydrogens is 348 g/mol. The van der Waals surface area contributed by atoms with Crippen molar-refractivity contribution in [2.24, 2.45) is 10.9 Å². The van der Waals surface area contributed by atoms with E-state index in [9.17, 15) is 0 Å². The van der Waals surface area contributed by atoms with Crippen LogP contribution in [0.3, 0.4) is 0 Å². The van der Waals surface area contributed by atoms with Crippen molar-refractivity contribution in [3.63, 3.8) is 0 Å². The van der Waals surface area contributed by atoms with Gasteiger partial charge in [-0.2, -0.15) is 0 Å². The summed E-state index contributed by atoms with van der Waals surface area (Å²) in [6, 6.07) is 10.7. The first-order valence-corrected chi connectivity index (χ1v) is 10.5. The Bertz CT molecular complexity index is 744. The Labute approximate surface area is 169 Å². The number of likely N-dealkylation sites (N-methyl/N-ethyl adjacent to an activating group) is 1. The van der Waals surface area contributed by atoms with E-state index >= 15 is 0 Å². The van der Waals surface area contributed by atoms with Gasteiger partial charge in [0.1, 0.15) is 0 Å². The van der Waals surface area contributed by atoms with E-state index in [1.54, 1.807) is 0 Å². The van der Waals surface area contributed by atoms with Crippen molar-refractivity contribution >= 4 is 16.9 Å². The lowest BCUT2D eigenvalue weighted by atomic mass is 10.1. The molecule has 0 saturated carbocycles. The van der Waals surface area contributed by atoms with Gasteiger partial charge in [-0.1, -0.05) is 25.1 Å². The number of aliphatic imine (C=N–C) groups is 1. The molecule has 0 spiro atoms. The zero-order chi connectivity index (χ0) is 19.8. The molecule has 6 nitrogen and oxygen atoms in total. The van der Waals surface area contributed by atoms with Gasteiger partial charge in [0, 0.05) is 71.1 Å². The van der Waals surface area contributed by atoms with Crippen LogP contribution in [-0.4, -0.2) is 80.2 Å². The first-order chi connectivity index (χ1) is 13.7. The molecule has 1 fully saturated rings. The highest BCUT2D eigenvalue weighted by Gasteiger charge is 2.16. The number of nitrogens with zero attached hydrogens (tertiary/aromatic N) is 4. The van der Waals surface area contributed by atoms with Crippen LogP contribution in [0.15, 0.2) is 41.5 Å². The largest absolute Gasteiger partial charge is 0.356 e. The standard InChI is InChI=1S/C22H36N6/c1-19(18-27-15-13-26(3)14-16-27)17-25-22(23-2)24-10-6-11-28-12-9-20-7-4-5-8-21(20)28/h4-5,7-9,12,19H,6,10-11,13-18H2,1-3H3,(H2,23,24,25). The molecule has 2 heterocycles. The van der Waals surface area contributed by atoms with Crippen LogP contribution in [0.1, 0.15) is 13.3 Å². The number of nitrogens with one attached hydrogen (secondary N) is 2. The molecule has 1 aromatic heterocycles. The summed E-state index contributed by atoms with van der Waals surface area (Å²) in [5, 5.41) is 8.24. The summed E-state index contributed by atoms with van der Waals surface area (Å²) >= 11 is 0. The average molecular weight is 385 g/mol. The molecule has 1 atom stereocenters. The quantitative estimate of drug-likeness (QED) is 0.416. The fraction of sp³-hybridized carbons (Fsp3) is 0.591. The normalized spacial score (nSPS) is 17.8. The summed E-state index contributed by atoms with van der Waals surface area (Å²) in [7, 11) is 4.05. The van der Waals surface area contributed by atoms with Crippen LogP contribution < -0.4 is 10.6 Å². The number of para-hydroxylation sites is 1. The van der Waals surface area contributed by atoms with Crippen LogP contribution in [-0.2, 0) is 6.54 Å². The van der Waals surface area contributed by atoms with Gasteiger partial charge in [0.2, 0.25) is 0 Å². The van der Waals surface area contributed by atoms with Gasteiger partial charge in [-0.3, -0.25) is 4.99 Å². The van der Waals surface area contributed by atoms with E-state index < -0.39 is 0 Å². The van der Waals surface area contributed by atoms with Crippen LogP contribution in [0.2, 0.25) is 0 Å². The molecule has 28 heavy (non-hydrogen) atoms. The highest BCUT2D eigenvalue weighted by Crippen LogP contribution is 2.15. The molecule has 154 valence electrons.